The number of carbonyl (C=O) groups is 3. The Labute approximate surface area is 175 Å². The van der Waals surface area contributed by atoms with Gasteiger partial charge in [-0.2, -0.15) is 0 Å². The van der Waals surface area contributed by atoms with Crippen molar-refractivity contribution in [1.29, 1.82) is 0 Å². The van der Waals surface area contributed by atoms with Crippen LogP contribution in [0.25, 0.3) is 6.08 Å². The minimum atomic E-state index is -0.550. The minimum Gasteiger partial charge on any atom is -0.459 e. The van der Waals surface area contributed by atoms with Gasteiger partial charge < -0.3 is 15.1 Å². The highest BCUT2D eigenvalue weighted by Crippen LogP contribution is 2.16. The number of ketones is 1. The number of furan rings is 1. The zero-order chi connectivity index (χ0) is 20.8. The summed E-state index contributed by atoms with van der Waals surface area (Å²) in [5.74, 6) is -1.12. The second-order valence-corrected chi connectivity index (χ2v) is 7.05. The number of carbonyl (C=O) groups excluding carboxylic acids is 3. The largest absolute Gasteiger partial charge is 0.459 e. The molecule has 29 heavy (non-hydrogen) atoms. The number of hydrogen-bond acceptors (Lipinski definition) is 4. The molecule has 2 amide bonds. The van der Waals surface area contributed by atoms with Gasteiger partial charge in [-0.05, 0) is 55.0 Å². The van der Waals surface area contributed by atoms with E-state index in [1.165, 1.54) is 19.3 Å². The maximum absolute atomic E-state index is 12.9. The van der Waals surface area contributed by atoms with Crippen LogP contribution in [0, 0.1) is 0 Å². The Hall–Kier alpha value is -3.45. The SMILES string of the molecule is CC(=O)c1cccc(NC(=O)C(=Cc2ccc(Br)cc2)NC(=O)c2ccco2)c1. The fourth-order valence-corrected chi connectivity index (χ4v) is 2.75. The van der Waals surface area contributed by atoms with E-state index in [1.54, 1.807) is 48.5 Å². The molecular weight excluding hydrogens is 436 g/mol. The molecule has 0 unspecified atom stereocenters. The Bertz CT molecular complexity index is 1070. The van der Waals surface area contributed by atoms with Gasteiger partial charge in [0.2, 0.25) is 0 Å². The Kier molecular flexibility index (Phi) is 6.41. The molecule has 0 saturated carbocycles. The number of hydrogen-bond donors (Lipinski definition) is 2. The lowest BCUT2D eigenvalue weighted by Crippen LogP contribution is -2.30. The molecule has 0 aliphatic heterocycles. The molecule has 1 heterocycles. The lowest BCUT2D eigenvalue weighted by molar-refractivity contribution is -0.113. The average Bonchev–Trinajstić information content (AvgIpc) is 3.24. The molecule has 6 nitrogen and oxygen atoms in total. The molecule has 0 radical (unpaired) electrons. The monoisotopic (exact) mass is 452 g/mol. The number of benzene rings is 2. The molecule has 0 aliphatic carbocycles. The van der Waals surface area contributed by atoms with Crippen LogP contribution in [-0.4, -0.2) is 17.6 Å². The van der Waals surface area contributed by atoms with Crippen LogP contribution < -0.4 is 10.6 Å². The summed E-state index contributed by atoms with van der Waals surface area (Å²) < 4.78 is 5.98. The van der Waals surface area contributed by atoms with Crippen molar-refractivity contribution in [2.45, 2.75) is 6.92 Å². The standard InChI is InChI=1S/C22H17BrN2O4/c1-14(26)16-4-2-5-18(13-16)24-21(27)19(12-15-7-9-17(23)10-8-15)25-22(28)20-6-3-11-29-20/h2-13H,1H3,(H,24,27)(H,25,28). The summed E-state index contributed by atoms with van der Waals surface area (Å²) in [6.07, 6.45) is 2.93. The molecule has 0 saturated heterocycles. The number of anilines is 1. The lowest BCUT2D eigenvalue weighted by Gasteiger charge is -2.11. The van der Waals surface area contributed by atoms with Crippen LogP contribution >= 0.6 is 15.9 Å². The van der Waals surface area contributed by atoms with E-state index in [0.717, 1.165) is 10.0 Å². The van der Waals surface area contributed by atoms with E-state index in [-0.39, 0.29) is 17.2 Å². The van der Waals surface area contributed by atoms with Crippen molar-refractivity contribution < 1.29 is 18.8 Å². The van der Waals surface area contributed by atoms with E-state index >= 15 is 0 Å². The van der Waals surface area contributed by atoms with Gasteiger partial charge in [0.15, 0.2) is 11.5 Å². The van der Waals surface area contributed by atoms with Gasteiger partial charge in [0.05, 0.1) is 6.26 Å². The summed E-state index contributed by atoms with van der Waals surface area (Å²) in [6, 6.07) is 16.9. The average molecular weight is 453 g/mol. The summed E-state index contributed by atoms with van der Waals surface area (Å²) in [4.78, 5) is 36.8. The van der Waals surface area contributed by atoms with Crippen molar-refractivity contribution in [2.75, 3.05) is 5.32 Å². The highest BCUT2D eigenvalue weighted by molar-refractivity contribution is 9.10. The van der Waals surface area contributed by atoms with Gasteiger partial charge >= 0.3 is 0 Å². The predicted molar refractivity (Wildman–Crippen MR) is 113 cm³/mol. The number of Topliss-reactive ketones (excluding diaryl/α,β-unsaturated/α-hetero) is 1. The fourth-order valence-electron chi connectivity index (χ4n) is 2.49. The van der Waals surface area contributed by atoms with Crippen molar-refractivity contribution in [1.82, 2.24) is 5.32 Å². The van der Waals surface area contributed by atoms with Crippen molar-refractivity contribution in [3.8, 4) is 0 Å². The van der Waals surface area contributed by atoms with E-state index < -0.39 is 11.8 Å². The van der Waals surface area contributed by atoms with Crippen molar-refractivity contribution in [2.24, 2.45) is 0 Å². The summed E-state index contributed by atoms with van der Waals surface area (Å²) in [5.41, 5.74) is 1.66. The third kappa shape index (κ3) is 5.52. The lowest BCUT2D eigenvalue weighted by atomic mass is 10.1. The molecule has 0 spiro atoms. The molecule has 2 aromatic carbocycles. The molecule has 0 bridgehead atoms. The van der Waals surface area contributed by atoms with Crippen LogP contribution in [0.3, 0.4) is 0 Å². The molecule has 0 fully saturated rings. The number of halogens is 1. The predicted octanol–water partition coefficient (Wildman–Crippen LogP) is 4.65. The highest BCUT2D eigenvalue weighted by atomic mass is 79.9. The number of rotatable bonds is 6. The van der Waals surface area contributed by atoms with Crippen molar-refractivity contribution in [3.05, 3.63) is 94.0 Å². The first-order chi connectivity index (χ1) is 13.9. The Morgan fingerprint density at radius 3 is 2.41 bits per heavy atom. The Balaban J connectivity index is 1.88. The second-order valence-electron chi connectivity index (χ2n) is 6.13. The molecule has 0 atom stereocenters. The molecule has 1 aromatic heterocycles. The highest BCUT2D eigenvalue weighted by Gasteiger charge is 2.17. The van der Waals surface area contributed by atoms with Gasteiger partial charge in [-0.25, -0.2) is 0 Å². The molecule has 7 heteroatoms. The number of amides is 2. The first-order valence-corrected chi connectivity index (χ1v) is 9.46. The summed E-state index contributed by atoms with van der Waals surface area (Å²) in [6.45, 7) is 1.45. The number of nitrogens with one attached hydrogen (secondary N) is 2. The van der Waals surface area contributed by atoms with Crippen LogP contribution in [0.15, 0.2) is 81.5 Å². The molecule has 0 aliphatic rings. The van der Waals surface area contributed by atoms with Crippen molar-refractivity contribution >= 4 is 45.3 Å². The maximum atomic E-state index is 12.9. The normalized spacial score (nSPS) is 11.0. The van der Waals surface area contributed by atoms with Gasteiger partial charge in [0.25, 0.3) is 11.8 Å². The van der Waals surface area contributed by atoms with E-state index in [0.29, 0.717) is 11.3 Å². The Morgan fingerprint density at radius 1 is 1.00 bits per heavy atom. The quantitative estimate of drug-likeness (QED) is 0.420. The van der Waals surface area contributed by atoms with Crippen LogP contribution in [-0.2, 0) is 4.79 Å². The first-order valence-electron chi connectivity index (χ1n) is 8.67. The van der Waals surface area contributed by atoms with Gasteiger partial charge in [0, 0.05) is 15.7 Å². The van der Waals surface area contributed by atoms with Gasteiger partial charge in [-0.3, -0.25) is 14.4 Å². The molecular formula is C22H17BrN2O4. The van der Waals surface area contributed by atoms with Crippen LogP contribution in [0.4, 0.5) is 5.69 Å². The molecule has 2 N–H and O–H groups in total. The molecule has 3 rings (SSSR count). The minimum absolute atomic E-state index is 0.0296. The zero-order valence-corrected chi connectivity index (χ0v) is 17.0. The summed E-state index contributed by atoms with van der Waals surface area (Å²) in [5, 5.41) is 5.28. The zero-order valence-electron chi connectivity index (χ0n) is 15.4. The fraction of sp³-hybridized carbons (Fsp3) is 0.0455. The summed E-state index contributed by atoms with van der Waals surface area (Å²) >= 11 is 3.36. The third-order valence-corrected chi connectivity index (χ3v) is 4.47. The first kappa shape index (κ1) is 20.3. The van der Waals surface area contributed by atoms with E-state index in [2.05, 4.69) is 26.6 Å². The Morgan fingerprint density at radius 2 is 1.76 bits per heavy atom. The van der Waals surface area contributed by atoms with Crippen LogP contribution in [0.5, 0.6) is 0 Å². The van der Waals surface area contributed by atoms with Crippen LogP contribution in [0.1, 0.15) is 33.4 Å². The molecule has 146 valence electrons. The van der Waals surface area contributed by atoms with E-state index in [4.69, 9.17) is 4.42 Å². The second kappa shape index (κ2) is 9.16. The van der Waals surface area contributed by atoms with Gasteiger partial charge in [-0.15, -0.1) is 0 Å². The summed E-state index contributed by atoms with van der Waals surface area (Å²) in [7, 11) is 0. The van der Waals surface area contributed by atoms with Gasteiger partial charge in [0.1, 0.15) is 5.70 Å². The van der Waals surface area contributed by atoms with Gasteiger partial charge in [-0.1, -0.05) is 40.2 Å². The van der Waals surface area contributed by atoms with Crippen molar-refractivity contribution in [3.63, 3.8) is 0 Å². The molecule has 3 aromatic rings. The van der Waals surface area contributed by atoms with E-state index in [1.807, 2.05) is 12.1 Å². The third-order valence-electron chi connectivity index (χ3n) is 3.95. The smallest absolute Gasteiger partial charge is 0.291 e. The topological polar surface area (TPSA) is 88.4 Å². The maximum Gasteiger partial charge on any atom is 0.291 e. The van der Waals surface area contributed by atoms with Crippen LogP contribution in [0.2, 0.25) is 0 Å². The van der Waals surface area contributed by atoms with E-state index in [9.17, 15) is 14.4 Å².